The molecule has 1 heterocycles. The molecule has 0 N–H and O–H groups in total. The van der Waals surface area contributed by atoms with E-state index >= 15 is 0 Å². The van der Waals surface area contributed by atoms with E-state index in [2.05, 4.69) is 19.7 Å². The zero-order valence-corrected chi connectivity index (χ0v) is 24.5. The van der Waals surface area contributed by atoms with E-state index in [1.807, 2.05) is 6.07 Å². The van der Waals surface area contributed by atoms with Crippen LogP contribution < -0.4 is 23.7 Å². The third-order valence-electron chi connectivity index (χ3n) is 6.17. The summed E-state index contributed by atoms with van der Waals surface area (Å²) in [7, 11) is 0. The first-order valence-corrected chi connectivity index (χ1v) is 13.4. The Morgan fingerprint density at radius 2 is 1.16 bits per heavy atom. The van der Waals surface area contributed by atoms with Crippen LogP contribution in [0.2, 0.25) is 0 Å². The number of carbonyl (C=O) groups is 4. The molecule has 0 radical (unpaired) electrons. The smallest absolute Gasteiger partial charge is 0.338 e. The van der Waals surface area contributed by atoms with Crippen LogP contribution >= 0.6 is 0 Å². The second kappa shape index (κ2) is 13.7. The highest BCUT2D eigenvalue weighted by molar-refractivity contribution is 5.92. The molecule has 1 atom stereocenters. The molecule has 10 nitrogen and oxygen atoms in total. The van der Waals surface area contributed by atoms with E-state index < -0.39 is 17.9 Å². The minimum absolute atomic E-state index is 0.000360. The molecule has 0 aromatic heterocycles. The maximum absolute atomic E-state index is 12.4. The van der Waals surface area contributed by atoms with Gasteiger partial charge in [0.05, 0.1) is 6.61 Å². The normalized spacial score (nSPS) is 13.2. The average molecular weight is 599 g/mol. The summed E-state index contributed by atoms with van der Waals surface area (Å²) in [5.41, 5.74) is 3.04. The topological polar surface area (TPSA) is 127 Å². The highest BCUT2D eigenvalue weighted by Crippen LogP contribution is 2.41. The molecule has 0 saturated carbocycles. The van der Waals surface area contributed by atoms with Crippen molar-refractivity contribution in [3.8, 4) is 51.0 Å². The summed E-state index contributed by atoms with van der Waals surface area (Å²) >= 11 is 0. The van der Waals surface area contributed by atoms with Crippen molar-refractivity contribution in [1.29, 1.82) is 0 Å². The number of esters is 3. The van der Waals surface area contributed by atoms with Crippen LogP contribution in [0.3, 0.4) is 0 Å². The van der Waals surface area contributed by atoms with Crippen LogP contribution in [-0.2, 0) is 23.9 Å². The minimum atomic E-state index is -0.697. The van der Waals surface area contributed by atoms with Crippen molar-refractivity contribution < 1.29 is 47.6 Å². The largest absolute Gasteiger partial charge is 0.490 e. The third kappa shape index (κ3) is 7.87. The SMILES string of the molecule is C=C(C)C(=O)Oc1cc(-c2ccc(-c3ccc(OC(=O)C(=C)C)c(OC(=O)C(=C)C)c3)c(OCC3CO3)c2)ccc1OC=O. The molecule has 0 aliphatic carbocycles. The Morgan fingerprint density at radius 3 is 1.70 bits per heavy atom. The van der Waals surface area contributed by atoms with E-state index in [9.17, 15) is 19.2 Å². The molecule has 10 heteroatoms. The molecule has 3 aromatic carbocycles. The molecular weight excluding hydrogens is 568 g/mol. The fourth-order valence-electron chi connectivity index (χ4n) is 3.72. The van der Waals surface area contributed by atoms with E-state index in [0.29, 0.717) is 34.6 Å². The number of epoxide rings is 1. The van der Waals surface area contributed by atoms with Gasteiger partial charge in [0.25, 0.3) is 6.47 Å². The summed E-state index contributed by atoms with van der Waals surface area (Å²) in [6, 6.07) is 14.9. The van der Waals surface area contributed by atoms with Gasteiger partial charge in [-0.05, 0) is 67.8 Å². The molecule has 0 bridgehead atoms. The second-order valence-corrected chi connectivity index (χ2v) is 10.0. The maximum atomic E-state index is 12.4. The first-order chi connectivity index (χ1) is 21.0. The minimum Gasteiger partial charge on any atom is -0.490 e. The fourth-order valence-corrected chi connectivity index (χ4v) is 3.72. The van der Waals surface area contributed by atoms with Crippen molar-refractivity contribution in [2.45, 2.75) is 26.9 Å². The van der Waals surface area contributed by atoms with Crippen LogP contribution in [0.1, 0.15) is 20.8 Å². The summed E-state index contributed by atoms with van der Waals surface area (Å²) < 4.78 is 32.7. The monoisotopic (exact) mass is 598 g/mol. The van der Waals surface area contributed by atoms with Crippen molar-refractivity contribution in [3.63, 3.8) is 0 Å². The van der Waals surface area contributed by atoms with Gasteiger partial charge in [-0.2, -0.15) is 0 Å². The van der Waals surface area contributed by atoms with Gasteiger partial charge in [-0.15, -0.1) is 0 Å². The lowest BCUT2D eigenvalue weighted by Gasteiger charge is -2.16. The Morgan fingerprint density at radius 1 is 0.705 bits per heavy atom. The number of hydrogen-bond acceptors (Lipinski definition) is 10. The summed E-state index contributed by atoms with van der Waals surface area (Å²) in [6.07, 6.45) is -0.0459. The Labute approximate surface area is 254 Å². The van der Waals surface area contributed by atoms with E-state index in [-0.39, 0.29) is 58.9 Å². The molecule has 44 heavy (non-hydrogen) atoms. The zero-order chi connectivity index (χ0) is 32.0. The number of rotatable bonds is 13. The molecule has 3 aromatic rings. The van der Waals surface area contributed by atoms with Gasteiger partial charge in [-0.1, -0.05) is 44.0 Å². The molecule has 1 unspecified atom stereocenters. The first-order valence-electron chi connectivity index (χ1n) is 13.4. The van der Waals surface area contributed by atoms with Crippen molar-refractivity contribution in [2.24, 2.45) is 0 Å². The highest BCUT2D eigenvalue weighted by Gasteiger charge is 2.24. The maximum Gasteiger partial charge on any atom is 0.338 e. The van der Waals surface area contributed by atoms with Gasteiger partial charge >= 0.3 is 17.9 Å². The molecule has 0 spiro atoms. The summed E-state index contributed by atoms with van der Waals surface area (Å²) in [4.78, 5) is 47.8. The van der Waals surface area contributed by atoms with Gasteiger partial charge in [0.2, 0.25) is 0 Å². The Hall–Kier alpha value is -5.48. The van der Waals surface area contributed by atoms with E-state index in [0.717, 1.165) is 0 Å². The Bertz CT molecular complexity index is 1680. The number of hydrogen-bond donors (Lipinski definition) is 0. The van der Waals surface area contributed by atoms with Crippen LogP contribution in [0, 0.1) is 0 Å². The van der Waals surface area contributed by atoms with Gasteiger partial charge in [0.15, 0.2) is 23.0 Å². The zero-order valence-electron chi connectivity index (χ0n) is 24.5. The van der Waals surface area contributed by atoms with Crippen molar-refractivity contribution >= 4 is 24.4 Å². The number of benzene rings is 3. The Balaban J connectivity index is 1.77. The van der Waals surface area contributed by atoms with Gasteiger partial charge < -0.3 is 28.4 Å². The van der Waals surface area contributed by atoms with Crippen LogP contribution in [0.25, 0.3) is 22.3 Å². The standard InChI is InChI=1S/C34H30O10/c1-19(2)32(36)42-28-12-9-24(15-31(28)44-34(38)21(5)6)26-10-7-22(13-29(26)40-17-25-16-39-25)23-8-11-27(41-18-35)30(14-23)43-33(37)20(3)4/h7-15,18,25H,1,3,5,16-17H2,2,4,6H3. The molecule has 1 aliphatic heterocycles. The lowest BCUT2D eigenvalue weighted by atomic mass is 9.98. The molecular formula is C34H30O10. The van der Waals surface area contributed by atoms with Crippen molar-refractivity contribution in [3.05, 3.63) is 91.1 Å². The summed E-state index contributed by atoms with van der Waals surface area (Å²) in [6.45, 7) is 16.4. The number of carbonyl (C=O) groups excluding carboxylic acids is 4. The predicted octanol–water partition coefficient (Wildman–Crippen LogP) is 5.78. The van der Waals surface area contributed by atoms with Crippen molar-refractivity contribution in [2.75, 3.05) is 13.2 Å². The molecule has 4 rings (SSSR count). The van der Waals surface area contributed by atoms with Crippen LogP contribution in [-0.4, -0.2) is 43.7 Å². The quantitative estimate of drug-likeness (QED) is 0.0786. The van der Waals surface area contributed by atoms with E-state index in [4.69, 9.17) is 28.4 Å². The lowest BCUT2D eigenvalue weighted by molar-refractivity contribution is -0.132. The van der Waals surface area contributed by atoms with Gasteiger partial charge in [0.1, 0.15) is 18.5 Å². The summed E-state index contributed by atoms with van der Waals surface area (Å²) in [5, 5.41) is 0. The fraction of sp³-hybridized carbons (Fsp3) is 0.176. The summed E-state index contributed by atoms with van der Waals surface area (Å²) in [5.74, 6) is -1.47. The van der Waals surface area contributed by atoms with Gasteiger partial charge in [-0.3, -0.25) is 4.79 Å². The predicted molar refractivity (Wildman–Crippen MR) is 161 cm³/mol. The Kier molecular flexibility index (Phi) is 9.77. The average Bonchev–Trinajstić information content (AvgIpc) is 3.82. The van der Waals surface area contributed by atoms with Crippen LogP contribution in [0.4, 0.5) is 0 Å². The molecule has 226 valence electrons. The van der Waals surface area contributed by atoms with Gasteiger partial charge in [-0.25, -0.2) is 14.4 Å². The second-order valence-electron chi connectivity index (χ2n) is 10.0. The molecule has 1 fully saturated rings. The van der Waals surface area contributed by atoms with Crippen molar-refractivity contribution in [1.82, 2.24) is 0 Å². The molecule has 0 amide bonds. The van der Waals surface area contributed by atoms with Crippen LogP contribution in [0.15, 0.2) is 91.1 Å². The highest BCUT2D eigenvalue weighted by atomic mass is 16.6. The van der Waals surface area contributed by atoms with E-state index in [1.165, 1.54) is 32.9 Å². The molecule has 1 saturated heterocycles. The van der Waals surface area contributed by atoms with E-state index in [1.54, 1.807) is 36.4 Å². The lowest BCUT2D eigenvalue weighted by Crippen LogP contribution is -2.13. The van der Waals surface area contributed by atoms with Gasteiger partial charge in [0, 0.05) is 22.3 Å². The first kappa shape index (κ1) is 31.5. The third-order valence-corrected chi connectivity index (χ3v) is 6.17. The molecule has 1 aliphatic rings. The van der Waals surface area contributed by atoms with Crippen LogP contribution in [0.5, 0.6) is 28.7 Å². The number of ether oxygens (including phenoxy) is 6.